The van der Waals surface area contributed by atoms with Crippen LogP contribution < -0.4 is 14.2 Å². The Balaban J connectivity index is 1.63. The van der Waals surface area contributed by atoms with Crippen LogP contribution in [0.25, 0.3) is 6.08 Å². The lowest BCUT2D eigenvalue weighted by atomic mass is 10.2. The number of para-hydroxylation sites is 1. The van der Waals surface area contributed by atoms with Crippen molar-refractivity contribution in [1.82, 2.24) is 4.90 Å². The van der Waals surface area contributed by atoms with Crippen molar-refractivity contribution in [3.63, 3.8) is 0 Å². The molecule has 1 saturated heterocycles. The molecule has 0 aromatic heterocycles. The minimum atomic E-state index is -0.103. The summed E-state index contributed by atoms with van der Waals surface area (Å²) in [5.74, 6) is 1.94. The third-order valence-corrected chi connectivity index (χ3v) is 6.16. The van der Waals surface area contributed by atoms with Crippen molar-refractivity contribution in [1.29, 1.82) is 0 Å². The van der Waals surface area contributed by atoms with Crippen LogP contribution in [0, 0.1) is 0 Å². The quantitative estimate of drug-likeness (QED) is 0.288. The monoisotopic (exact) mass is 493 g/mol. The second-order valence-corrected chi connectivity index (χ2v) is 8.67. The van der Waals surface area contributed by atoms with Crippen LogP contribution in [-0.4, -0.2) is 42.5 Å². The van der Waals surface area contributed by atoms with Gasteiger partial charge in [-0.25, -0.2) is 0 Å². The molecule has 2 aromatic rings. The molecule has 0 aliphatic carbocycles. The molecule has 0 spiro atoms. The maximum atomic E-state index is 12.2. The van der Waals surface area contributed by atoms with E-state index in [1.165, 1.54) is 16.7 Å². The first-order valence-corrected chi connectivity index (χ1v) is 10.9. The van der Waals surface area contributed by atoms with Crippen molar-refractivity contribution in [3.05, 3.63) is 57.4 Å². The molecule has 152 valence electrons. The molecule has 0 unspecified atom stereocenters. The minimum absolute atomic E-state index is 0.103. The highest BCUT2D eigenvalue weighted by molar-refractivity contribution is 9.10. The normalized spacial score (nSPS) is 15.1. The lowest BCUT2D eigenvalue weighted by Crippen LogP contribution is -2.22. The fourth-order valence-electron chi connectivity index (χ4n) is 2.60. The van der Waals surface area contributed by atoms with Crippen LogP contribution in [0.2, 0.25) is 0 Å². The fraction of sp³-hybridized carbons (Fsp3) is 0.238. The molecule has 1 heterocycles. The van der Waals surface area contributed by atoms with Gasteiger partial charge in [0, 0.05) is 13.5 Å². The molecule has 0 N–H and O–H groups in total. The summed E-state index contributed by atoms with van der Waals surface area (Å²) in [6.07, 6.45) is 2.53. The van der Waals surface area contributed by atoms with E-state index in [9.17, 15) is 4.79 Å². The minimum Gasteiger partial charge on any atom is -0.493 e. The Morgan fingerprint density at radius 1 is 1.17 bits per heavy atom. The van der Waals surface area contributed by atoms with Crippen LogP contribution in [-0.2, 0) is 4.79 Å². The molecule has 1 amide bonds. The number of thioether (sulfide) groups is 1. The van der Waals surface area contributed by atoms with Crippen LogP contribution in [0.4, 0.5) is 0 Å². The Kier molecular flexibility index (Phi) is 7.57. The molecule has 3 rings (SSSR count). The second-order valence-electron chi connectivity index (χ2n) is 6.14. The summed E-state index contributed by atoms with van der Waals surface area (Å²) in [6, 6.07) is 13.4. The number of amides is 1. The van der Waals surface area contributed by atoms with E-state index in [0.29, 0.717) is 33.9 Å². The van der Waals surface area contributed by atoms with E-state index in [4.69, 9.17) is 26.4 Å². The van der Waals surface area contributed by atoms with Crippen molar-refractivity contribution in [2.24, 2.45) is 0 Å². The van der Waals surface area contributed by atoms with Gasteiger partial charge in [-0.3, -0.25) is 9.69 Å². The highest BCUT2D eigenvalue weighted by Crippen LogP contribution is 2.39. The second kappa shape index (κ2) is 10.1. The molecule has 1 aliphatic heterocycles. The van der Waals surface area contributed by atoms with E-state index >= 15 is 0 Å². The number of thiocarbonyl (C=S) groups is 1. The predicted molar refractivity (Wildman–Crippen MR) is 124 cm³/mol. The molecule has 1 fully saturated rings. The summed E-state index contributed by atoms with van der Waals surface area (Å²) in [7, 11) is 3.26. The van der Waals surface area contributed by atoms with E-state index in [0.717, 1.165) is 22.2 Å². The topological polar surface area (TPSA) is 48.0 Å². The number of carbonyl (C=O) groups excluding carboxylic acids is 1. The average molecular weight is 494 g/mol. The SMILES string of the molecule is COc1cc(/C=C2/SC(=S)N(C)C2=O)cc(Br)c1OCCCOc1ccccc1. The highest BCUT2D eigenvalue weighted by Gasteiger charge is 2.28. The summed E-state index contributed by atoms with van der Waals surface area (Å²) in [5.41, 5.74) is 0.822. The number of hydrogen-bond acceptors (Lipinski definition) is 6. The van der Waals surface area contributed by atoms with Gasteiger partial charge >= 0.3 is 0 Å². The van der Waals surface area contributed by atoms with E-state index in [1.54, 1.807) is 20.2 Å². The van der Waals surface area contributed by atoms with Crippen LogP contribution in [0.3, 0.4) is 0 Å². The molecule has 1 aliphatic rings. The molecule has 0 radical (unpaired) electrons. The Morgan fingerprint density at radius 2 is 1.90 bits per heavy atom. The fourth-order valence-corrected chi connectivity index (χ4v) is 4.35. The average Bonchev–Trinajstić information content (AvgIpc) is 2.96. The van der Waals surface area contributed by atoms with Gasteiger partial charge in [0.25, 0.3) is 5.91 Å². The van der Waals surface area contributed by atoms with Gasteiger partial charge in [-0.15, -0.1) is 0 Å². The van der Waals surface area contributed by atoms with Gasteiger partial charge in [-0.1, -0.05) is 42.2 Å². The molecule has 2 aromatic carbocycles. The Labute approximate surface area is 188 Å². The smallest absolute Gasteiger partial charge is 0.265 e. The molecule has 29 heavy (non-hydrogen) atoms. The molecule has 0 saturated carbocycles. The zero-order valence-electron chi connectivity index (χ0n) is 16.0. The number of nitrogens with zero attached hydrogens (tertiary/aromatic N) is 1. The van der Waals surface area contributed by atoms with Crippen molar-refractivity contribution in [2.75, 3.05) is 27.4 Å². The zero-order chi connectivity index (χ0) is 20.8. The van der Waals surface area contributed by atoms with Crippen LogP contribution >= 0.6 is 39.9 Å². The van der Waals surface area contributed by atoms with E-state index in [2.05, 4.69) is 15.9 Å². The van der Waals surface area contributed by atoms with Gasteiger partial charge in [0.1, 0.15) is 10.1 Å². The van der Waals surface area contributed by atoms with Crippen LogP contribution in [0.1, 0.15) is 12.0 Å². The molecule has 5 nitrogen and oxygen atoms in total. The van der Waals surface area contributed by atoms with Crippen molar-refractivity contribution in [3.8, 4) is 17.2 Å². The first-order valence-electron chi connectivity index (χ1n) is 8.89. The number of rotatable bonds is 8. The molecule has 0 bridgehead atoms. The van der Waals surface area contributed by atoms with Gasteiger partial charge in [0.2, 0.25) is 0 Å². The summed E-state index contributed by atoms with van der Waals surface area (Å²) < 4.78 is 18.4. The van der Waals surface area contributed by atoms with Crippen molar-refractivity contribution < 1.29 is 19.0 Å². The van der Waals surface area contributed by atoms with Gasteiger partial charge in [0.05, 0.1) is 29.7 Å². The molecule has 8 heteroatoms. The van der Waals surface area contributed by atoms with Crippen LogP contribution in [0.15, 0.2) is 51.8 Å². The third kappa shape index (κ3) is 5.52. The summed E-state index contributed by atoms with van der Waals surface area (Å²) in [5, 5.41) is 0. The van der Waals surface area contributed by atoms with Gasteiger partial charge in [-0.2, -0.15) is 0 Å². The first kappa shape index (κ1) is 21.7. The maximum Gasteiger partial charge on any atom is 0.265 e. The molecular formula is C21H20BrNO4S2. The van der Waals surface area contributed by atoms with Gasteiger partial charge in [-0.05, 0) is 51.8 Å². The molecular weight excluding hydrogens is 474 g/mol. The maximum absolute atomic E-state index is 12.2. The van der Waals surface area contributed by atoms with Crippen molar-refractivity contribution >= 4 is 56.2 Å². The predicted octanol–water partition coefficient (Wildman–Crippen LogP) is 5.14. The Hall–Kier alpha value is -2.03. The number of methoxy groups -OCH3 is 1. The summed E-state index contributed by atoms with van der Waals surface area (Å²) in [4.78, 5) is 14.2. The summed E-state index contributed by atoms with van der Waals surface area (Å²) in [6.45, 7) is 1.04. The summed E-state index contributed by atoms with van der Waals surface area (Å²) >= 11 is 10.00. The number of benzene rings is 2. The lowest BCUT2D eigenvalue weighted by Gasteiger charge is -2.14. The number of hydrogen-bond donors (Lipinski definition) is 0. The Morgan fingerprint density at radius 3 is 2.55 bits per heavy atom. The lowest BCUT2D eigenvalue weighted by molar-refractivity contribution is -0.121. The van der Waals surface area contributed by atoms with Gasteiger partial charge in [0.15, 0.2) is 11.5 Å². The standard InChI is InChI=1S/C21H20BrNO4S2/c1-23-20(24)18(29-21(23)28)13-14-11-16(22)19(17(12-14)25-2)27-10-6-9-26-15-7-4-3-5-8-15/h3-5,7-8,11-13H,6,9-10H2,1-2H3/b18-13+. The van der Waals surface area contributed by atoms with E-state index in [1.807, 2.05) is 42.5 Å². The number of halogens is 1. The number of carbonyl (C=O) groups is 1. The number of ether oxygens (including phenoxy) is 3. The number of likely N-dealkylation sites (N-methyl/N-ethyl adjacent to an activating group) is 1. The first-order chi connectivity index (χ1) is 14.0. The van der Waals surface area contributed by atoms with E-state index < -0.39 is 0 Å². The largest absolute Gasteiger partial charge is 0.493 e. The third-order valence-electron chi connectivity index (χ3n) is 4.08. The van der Waals surface area contributed by atoms with Gasteiger partial charge < -0.3 is 14.2 Å². The Bertz CT molecular complexity index is 934. The van der Waals surface area contributed by atoms with Crippen molar-refractivity contribution in [2.45, 2.75) is 6.42 Å². The van der Waals surface area contributed by atoms with Crippen LogP contribution in [0.5, 0.6) is 17.2 Å². The molecule has 0 atom stereocenters. The highest BCUT2D eigenvalue weighted by atomic mass is 79.9. The van der Waals surface area contributed by atoms with E-state index in [-0.39, 0.29) is 5.91 Å². The zero-order valence-corrected chi connectivity index (χ0v) is 19.2.